The van der Waals surface area contributed by atoms with Gasteiger partial charge in [0.1, 0.15) is 5.76 Å². The summed E-state index contributed by atoms with van der Waals surface area (Å²) in [4.78, 5) is -0.374. The lowest BCUT2D eigenvalue weighted by Crippen LogP contribution is -2.30. The molecule has 0 fully saturated rings. The second kappa shape index (κ2) is 7.96. The van der Waals surface area contributed by atoms with Crippen LogP contribution in [0.4, 0.5) is 8.78 Å². The van der Waals surface area contributed by atoms with Crippen molar-refractivity contribution in [2.24, 2.45) is 0 Å². The van der Waals surface area contributed by atoms with Crippen LogP contribution in [0.5, 0.6) is 17.2 Å². The van der Waals surface area contributed by atoms with Crippen LogP contribution in [0.25, 0.3) is 0 Å². The Morgan fingerprint density at radius 3 is 2.60 bits per heavy atom. The third-order valence-corrected chi connectivity index (χ3v) is 6.31. The molecule has 0 N–H and O–H groups in total. The standard InChI is InChI=1S/C20H17F2NO6S/c1-26-18-7-13(8-19-20(18)29-12-28-19)10-23(11-14-3-2-6-27-14)30(24,25)15-4-5-16(21)17(22)9-15/h2-9H,10-12H2,1H3. The van der Waals surface area contributed by atoms with Crippen LogP contribution in [-0.4, -0.2) is 26.6 Å². The minimum absolute atomic E-state index is 0.0262. The smallest absolute Gasteiger partial charge is 0.243 e. The maximum atomic E-state index is 13.7. The van der Waals surface area contributed by atoms with E-state index >= 15 is 0 Å². The molecule has 0 radical (unpaired) electrons. The fourth-order valence-corrected chi connectivity index (χ4v) is 4.47. The van der Waals surface area contributed by atoms with E-state index < -0.39 is 21.7 Å². The van der Waals surface area contributed by atoms with Gasteiger partial charge in [-0.1, -0.05) is 0 Å². The van der Waals surface area contributed by atoms with Gasteiger partial charge in [-0.2, -0.15) is 4.31 Å². The van der Waals surface area contributed by atoms with Crippen LogP contribution in [-0.2, 0) is 23.1 Å². The van der Waals surface area contributed by atoms with Crippen LogP contribution in [0.15, 0.2) is 58.0 Å². The highest BCUT2D eigenvalue weighted by atomic mass is 32.2. The number of methoxy groups -OCH3 is 1. The summed E-state index contributed by atoms with van der Waals surface area (Å²) in [6.07, 6.45) is 1.42. The zero-order valence-electron chi connectivity index (χ0n) is 15.8. The minimum Gasteiger partial charge on any atom is -0.493 e. The average molecular weight is 437 g/mol. The van der Waals surface area contributed by atoms with E-state index in [0.717, 1.165) is 16.4 Å². The summed E-state index contributed by atoms with van der Waals surface area (Å²) < 4.78 is 75.9. The fourth-order valence-electron chi connectivity index (χ4n) is 3.07. The summed E-state index contributed by atoms with van der Waals surface area (Å²) in [5.41, 5.74) is 0.550. The molecule has 2 aromatic carbocycles. The lowest BCUT2D eigenvalue weighted by molar-refractivity contribution is 0.171. The molecular weight excluding hydrogens is 420 g/mol. The number of hydrogen-bond donors (Lipinski definition) is 0. The number of nitrogens with zero attached hydrogens (tertiary/aromatic N) is 1. The molecule has 0 amide bonds. The molecule has 0 atom stereocenters. The SMILES string of the molecule is COc1cc(CN(Cc2ccco2)S(=O)(=O)c2ccc(F)c(F)c2)cc2c1OCO2. The van der Waals surface area contributed by atoms with Gasteiger partial charge in [0, 0.05) is 6.54 Å². The molecule has 2 heterocycles. The normalized spacial score (nSPS) is 13.1. The molecule has 1 aliphatic heterocycles. The first kappa shape index (κ1) is 20.2. The molecule has 0 aliphatic carbocycles. The Balaban J connectivity index is 1.72. The molecule has 3 aromatic rings. The molecule has 0 spiro atoms. The number of furan rings is 1. The van der Waals surface area contributed by atoms with Crippen molar-refractivity contribution in [2.45, 2.75) is 18.0 Å². The second-order valence-electron chi connectivity index (χ2n) is 6.46. The predicted octanol–water partition coefficient (Wildman–Crippen LogP) is 3.69. The van der Waals surface area contributed by atoms with Crippen molar-refractivity contribution >= 4 is 10.0 Å². The Morgan fingerprint density at radius 1 is 1.07 bits per heavy atom. The van der Waals surface area contributed by atoms with Crippen molar-refractivity contribution < 1.29 is 35.8 Å². The number of halogens is 2. The molecule has 7 nitrogen and oxygen atoms in total. The van der Waals surface area contributed by atoms with Crippen LogP contribution in [0.3, 0.4) is 0 Å². The van der Waals surface area contributed by atoms with Gasteiger partial charge in [0.25, 0.3) is 0 Å². The number of rotatable bonds is 7. The summed E-state index contributed by atoms with van der Waals surface area (Å²) in [6, 6.07) is 8.96. The monoisotopic (exact) mass is 437 g/mol. The topological polar surface area (TPSA) is 78.2 Å². The molecule has 0 saturated heterocycles. The number of ether oxygens (including phenoxy) is 3. The highest BCUT2D eigenvalue weighted by molar-refractivity contribution is 7.89. The fraction of sp³-hybridized carbons (Fsp3) is 0.200. The Labute approximate surface area is 171 Å². The first-order chi connectivity index (χ1) is 14.4. The van der Waals surface area contributed by atoms with Crippen LogP contribution in [0.1, 0.15) is 11.3 Å². The van der Waals surface area contributed by atoms with Gasteiger partial charge in [-0.05, 0) is 48.0 Å². The molecule has 0 unspecified atom stereocenters. The van der Waals surface area contributed by atoms with Gasteiger partial charge in [-0.3, -0.25) is 0 Å². The third-order valence-electron chi connectivity index (χ3n) is 4.52. The van der Waals surface area contributed by atoms with Crippen molar-refractivity contribution in [2.75, 3.05) is 13.9 Å². The van der Waals surface area contributed by atoms with Crippen molar-refractivity contribution in [1.29, 1.82) is 0 Å². The Morgan fingerprint density at radius 2 is 1.90 bits per heavy atom. The Hall–Kier alpha value is -3.11. The molecular formula is C20H17F2NO6S. The number of fused-ring (bicyclic) bond motifs is 1. The first-order valence-electron chi connectivity index (χ1n) is 8.82. The van der Waals surface area contributed by atoms with E-state index in [1.807, 2.05) is 0 Å². The lowest BCUT2D eigenvalue weighted by Gasteiger charge is -2.22. The molecule has 10 heteroatoms. The van der Waals surface area contributed by atoms with E-state index in [9.17, 15) is 17.2 Å². The number of benzene rings is 2. The highest BCUT2D eigenvalue weighted by Crippen LogP contribution is 2.42. The van der Waals surface area contributed by atoms with Crippen molar-refractivity contribution in [1.82, 2.24) is 4.31 Å². The van der Waals surface area contributed by atoms with E-state index in [2.05, 4.69) is 0 Å². The van der Waals surface area contributed by atoms with Crippen LogP contribution < -0.4 is 14.2 Å². The van der Waals surface area contributed by atoms with Crippen molar-refractivity contribution in [3.63, 3.8) is 0 Å². The van der Waals surface area contributed by atoms with Gasteiger partial charge in [0.15, 0.2) is 23.1 Å². The molecule has 4 rings (SSSR count). The summed E-state index contributed by atoms with van der Waals surface area (Å²) in [5.74, 6) is -0.752. The minimum atomic E-state index is -4.19. The molecule has 0 bridgehead atoms. The Kier molecular flexibility index (Phi) is 5.35. The maximum Gasteiger partial charge on any atom is 0.243 e. The van der Waals surface area contributed by atoms with Crippen LogP contribution >= 0.6 is 0 Å². The summed E-state index contributed by atoms with van der Waals surface area (Å²) in [5, 5.41) is 0. The second-order valence-corrected chi connectivity index (χ2v) is 8.40. The highest BCUT2D eigenvalue weighted by Gasteiger charge is 2.28. The van der Waals surface area contributed by atoms with Gasteiger partial charge in [0.2, 0.25) is 22.6 Å². The molecule has 0 saturated carbocycles. The largest absolute Gasteiger partial charge is 0.493 e. The van der Waals surface area contributed by atoms with Crippen LogP contribution in [0, 0.1) is 11.6 Å². The van der Waals surface area contributed by atoms with Gasteiger partial charge in [0.05, 0.1) is 24.8 Å². The Bertz CT molecular complexity index is 1160. The quantitative estimate of drug-likeness (QED) is 0.561. The zero-order chi connectivity index (χ0) is 21.3. The van der Waals surface area contributed by atoms with Gasteiger partial charge >= 0.3 is 0 Å². The van der Waals surface area contributed by atoms with Crippen molar-refractivity contribution in [3.8, 4) is 17.2 Å². The van der Waals surface area contributed by atoms with Crippen LogP contribution in [0.2, 0.25) is 0 Å². The molecule has 1 aliphatic rings. The zero-order valence-corrected chi connectivity index (χ0v) is 16.6. The number of sulfonamides is 1. The van der Waals surface area contributed by atoms with E-state index in [4.69, 9.17) is 18.6 Å². The van der Waals surface area contributed by atoms with E-state index in [0.29, 0.717) is 34.6 Å². The summed E-state index contributed by atoms with van der Waals surface area (Å²) in [6.45, 7) is -0.196. The third kappa shape index (κ3) is 3.83. The first-order valence-corrected chi connectivity index (χ1v) is 10.3. The molecule has 30 heavy (non-hydrogen) atoms. The van der Waals surface area contributed by atoms with Crippen molar-refractivity contribution in [3.05, 3.63) is 71.7 Å². The summed E-state index contributed by atoms with van der Waals surface area (Å²) >= 11 is 0. The summed E-state index contributed by atoms with van der Waals surface area (Å²) in [7, 11) is -2.74. The lowest BCUT2D eigenvalue weighted by atomic mass is 10.2. The predicted molar refractivity (Wildman–Crippen MR) is 101 cm³/mol. The van der Waals surface area contributed by atoms with Gasteiger partial charge in [-0.15, -0.1) is 0 Å². The van der Waals surface area contributed by atoms with E-state index in [1.54, 1.807) is 24.3 Å². The van der Waals surface area contributed by atoms with E-state index in [-0.39, 0.29) is 24.8 Å². The van der Waals surface area contributed by atoms with Gasteiger partial charge < -0.3 is 18.6 Å². The number of hydrogen-bond acceptors (Lipinski definition) is 6. The molecule has 1 aromatic heterocycles. The maximum absolute atomic E-state index is 13.7. The average Bonchev–Trinajstić information content (AvgIpc) is 3.40. The molecule has 158 valence electrons. The van der Waals surface area contributed by atoms with Gasteiger partial charge in [-0.25, -0.2) is 17.2 Å². The van der Waals surface area contributed by atoms with E-state index in [1.165, 1.54) is 13.4 Å².